The molecule has 31 heavy (non-hydrogen) atoms. The monoisotopic (exact) mass is 424 g/mol. The summed E-state index contributed by atoms with van der Waals surface area (Å²) in [7, 11) is 0. The van der Waals surface area contributed by atoms with Crippen LogP contribution in [0.1, 0.15) is 63.7 Å². The van der Waals surface area contributed by atoms with E-state index in [1.54, 1.807) is 4.90 Å². The van der Waals surface area contributed by atoms with Gasteiger partial charge < -0.3 is 15.3 Å². The van der Waals surface area contributed by atoms with Crippen LogP contribution in [0.2, 0.25) is 0 Å². The summed E-state index contributed by atoms with van der Waals surface area (Å²) in [5.74, 6) is -1.63. The predicted octanol–water partition coefficient (Wildman–Crippen LogP) is 2.02. The van der Waals surface area contributed by atoms with E-state index in [0.717, 1.165) is 36.0 Å². The van der Waals surface area contributed by atoms with E-state index < -0.39 is 17.1 Å². The molecule has 0 aliphatic carbocycles. The van der Waals surface area contributed by atoms with Crippen molar-refractivity contribution in [3.8, 4) is 5.75 Å². The van der Waals surface area contributed by atoms with E-state index in [2.05, 4.69) is 5.32 Å². The van der Waals surface area contributed by atoms with Crippen molar-refractivity contribution < 1.29 is 14.7 Å². The normalized spacial score (nSPS) is 17.9. The van der Waals surface area contributed by atoms with Gasteiger partial charge in [-0.2, -0.15) is 0 Å². The molecule has 2 aliphatic heterocycles. The Morgan fingerprint density at radius 1 is 1.23 bits per heavy atom. The number of aryl methyl sites for hydroxylation is 1. The predicted molar refractivity (Wildman–Crippen MR) is 117 cm³/mol. The molecule has 1 aromatic heterocycles. The summed E-state index contributed by atoms with van der Waals surface area (Å²) >= 11 is 0. The summed E-state index contributed by atoms with van der Waals surface area (Å²) in [6, 6.07) is 5.85. The first-order chi connectivity index (χ1) is 14.8. The Morgan fingerprint density at radius 3 is 2.74 bits per heavy atom. The van der Waals surface area contributed by atoms with Gasteiger partial charge in [-0.3, -0.25) is 24.1 Å². The van der Waals surface area contributed by atoms with Gasteiger partial charge in [0, 0.05) is 25.8 Å². The molecule has 3 heterocycles. The molecule has 1 fully saturated rings. The van der Waals surface area contributed by atoms with Crippen molar-refractivity contribution in [1.82, 2.24) is 14.9 Å². The summed E-state index contributed by atoms with van der Waals surface area (Å²) in [6.07, 6.45) is 3.99. The van der Waals surface area contributed by atoms with Crippen molar-refractivity contribution >= 4 is 11.8 Å². The summed E-state index contributed by atoms with van der Waals surface area (Å²) in [5.41, 5.74) is 2.08. The van der Waals surface area contributed by atoms with Gasteiger partial charge in [0.2, 0.25) is 5.43 Å². The van der Waals surface area contributed by atoms with E-state index in [4.69, 9.17) is 0 Å². The minimum absolute atomic E-state index is 0.0731. The maximum absolute atomic E-state index is 13.0. The SMILES string of the molecule is CCN1C(=O)c2c(O)c(=O)c(C(=O)NCc3cccc(C)c3C)cn2N2CCCC[C@@H]12. The highest BCUT2D eigenvalue weighted by molar-refractivity contribution is 5.99. The molecule has 1 aromatic carbocycles. The minimum Gasteiger partial charge on any atom is -0.502 e. The molecule has 2 aromatic rings. The van der Waals surface area contributed by atoms with Crippen LogP contribution >= 0.6 is 0 Å². The molecular formula is C23H28N4O4. The number of benzene rings is 1. The van der Waals surface area contributed by atoms with Gasteiger partial charge in [-0.1, -0.05) is 18.2 Å². The van der Waals surface area contributed by atoms with E-state index in [0.29, 0.717) is 13.1 Å². The number of nitrogens with zero attached hydrogens (tertiary/aromatic N) is 3. The summed E-state index contributed by atoms with van der Waals surface area (Å²) < 4.78 is 1.52. The molecule has 1 atom stereocenters. The third kappa shape index (κ3) is 3.45. The third-order valence-electron chi connectivity index (χ3n) is 6.45. The molecule has 1 saturated heterocycles. The lowest BCUT2D eigenvalue weighted by Crippen LogP contribution is -2.63. The maximum Gasteiger partial charge on any atom is 0.278 e. The molecule has 0 bridgehead atoms. The lowest BCUT2D eigenvalue weighted by Gasteiger charge is -2.48. The summed E-state index contributed by atoms with van der Waals surface area (Å²) in [4.78, 5) is 40.4. The van der Waals surface area contributed by atoms with Gasteiger partial charge in [-0.05, 0) is 56.7 Å². The number of aromatic hydroxyl groups is 1. The lowest BCUT2D eigenvalue weighted by molar-refractivity contribution is 0.0534. The fraction of sp³-hybridized carbons (Fsp3) is 0.435. The van der Waals surface area contributed by atoms with Crippen molar-refractivity contribution in [2.75, 3.05) is 18.1 Å². The van der Waals surface area contributed by atoms with Gasteiger partial charge in [0.05, 0.1) is 0 Å². The van der Waals surface area contributed by atoms with Gasteiger partial charge in [0.15, 0.2) is 11.4 Å². The number of rotatable bonds is 4. The zero-order valence-corrected chi connectivity index (χ0v) is 18.1. The Hall–Kier alpha value is -3.29. The van der Waals surface area contributed by atoms with Crippen molar-refractivity contribution in [2.45, 2.75) is 52.7 Å². The van der Waals surface area contributed by atoms with Crippen LogP contribution in [0, 0.1) is 13.8 Å². The fourth-order valence-corrected chi connectivity index (χ4v) is 4.52. The van der Waals surface area contributed by atoms with Crippen LogP contribution in [0.15, 0.2) is 29.2 Å². The van der Waals surface area contributed by atoms with Gasteiger partial charge in [-0.25, -0.2) is 0 Å². The van der Waals surface area contributed by atoms with Crippen LogP contribution in [-0.4, -0.2) is 45.8 Å². The quantitative estimate of drug-likeness (QED) is 0.783. The molecular weight excluding hydrogens is 396 g/mol. The summed E-state index contributed by atoms with van der Waals surface area (Å²) in [6.45, 7) is 7.28. The van der Waals surface area contributed by atoms with Gasteiger partial charge in [0.1, 0.15) is 11.7 Å². The molecule has 0 unspecified atom stereocenters. The molecule has 2 N–H and O–H groups in total. The number of hydrogen-bond acceptors (Lipinski definition) is 5. The molecule has 0 radical (unpaired) electrons. The van der Waals surface area contributed by atoms with E-state index in [1.165, 1.54) is 10.9 Å². The first kappa shape index (κ1) is 21.0. The number of amides is 2. The highest BCUT2D eigenvalue weighted by Crippen LogP contribution is 2.29. The minimum atomic E-state index is -0.829. The van der Waals surface area contributed by atoms with E-state index in [9.17, 15) is 19.5 Å². The number of nitrogens with one attached hydrogen (secondary N) is 1. The number of hydrogen-bond donors (Lipinski definition) is 2. The van der Waals surface area contributed by atoms with E-state index >= 15 is 0 Å². The zero-order valence-electron chi connectivity index (χ0n) is 18.1. The third-order valence-corrected chi connectivity index (χ3v) is 6.45. The van der Waals surface area contributed by atoms with Crippen molar-refractivity contribution in [1.29, 1.82) is 0 Å². The van der Waals surface area contributed by atoms with Crippen LogP contribution in [0.5, 0.6) is 5.75 Å². The Labute approximate surface area is 181 Å². The standard InChI is InChI=1S/C23H28N4O4/c1-4-25-18-10-5-6-11-26(18)27-13-17(20(28)21(29)19(27)23(25)31)22(30)24-12-16-9-7-8-14(2)15(16)3/h7-9,13,18,29H,4-6,10-12H2,1-3H3,(H,24,30)/t18-/m0/s1. The van der Waals surface area contributed by atoms with Crippen molar-refractivity contribution in [3.63, 3.8) is 0 Å². The lowest BCUT2D eigenvalue weighted by atomic mass is 10.0. The zero-order chi connectivity index (χ0) is 22.3. The average Bonchev–Trinajstić information content (AvgIpc) is 2.77. The van der Waals surface area contributed by atoms with Gasteiger partial charge in [-0.15, -0.1) is 0 Å². The van der Waals surface area contributed by atoms with Crippen LogP contribution in [0.4, 0.5) is 0 Å². The van der Waals surface area contributed by atoms with Gasteiger partial charge >= 0.3 is 0 Å². The number of carbonyl (C=O) groups is 2. The Morgan fingerprint density at radius 2 is 2.00 bits per heavy atom. The topological polar surface area (TPSA) is 94.9 Å². The van der Waals surface area contributed by atoms with Crippen LogP contribution in [0.3, 0.4) is 0 Å². The highest BCUT2D eigenvalue weighted by Gasteiger charge is 2.40. The van der Waals surface area contributed by atoms with Crippen molar-refractivity contribution in [3.05, 3.63) is 62.6 Å². The molecule has 2 amide bonds. The average molecular weight is 425 g/mol. The smallest absolute Gasteiger partial charge is 0.278 e. The number of piperidine rings is 1. The first-order valence-electron chi connectivity index (χ1n) is 10.7. The second kappa shape index (κ2) is 8.09. The molecule has 0 saturated carbocycles. The van der Waals surface area contributed by atoms with Crippen LogP contribution < -0.4 is 15.8 Å². The fourth-order valence-electron chi connectivity index (χ4n) is 4.52. The van der Waals surface area contributed by atoms with Crippen molar-refractivity contribution in [2.24, 2.45) is 0 Å². The second-order valence-electron chi connectivity index (χ2n) is 8.19. The van der Waals surface area contributed by atoms with Gasteiger partial charge in [0.25, 0.3) is 11.8 Å². The van der Waals surface area contributed by atoms with E-state index in [1.807, 2.05) is 44.0 Å². The number of aromatic nitrogens is 1. The van der Waals surface area contributed by atoms with E-state index in [-0.39, 0.29) is 29.9 Å². The largest absolute Gasteiger partial charge is 0.502 e. The second-order valence-corrected chi connectivity index (χ2v) is 8.19. The Balaban J connectivity index is 1.70. The Bertz CT molecular complexity index is 1110. The van der Waals surface area contributed by atoms with Crippen LogP contribution in [0.25, 0.3) is 0 Å². The van der Waals surface area contributed by atoms with Crippen LogP contribution in [-0.2, 0) is 6.54 Å². The molecule has 4 rings (SSSR count). The molecule has 164 valence electrons. The Kier molecular flexibility index (Phi) is 5.47. The molecule has 8 nitrogen and oxygen atoms in total. The number of carbonyl (C=O) groups excluding carboxylic acids is 2. The number of fused-ring (bicyclic) bond motifs is 3. The number of pyridine rings is 1. The summed E-state index contributed by atoms with van der Waals surface area (Å²) in [5, 5.41) is 15.4. The molecule has 8 heteroatoms. The highest BCUT2D eigenvalue weighted by atomic mass is 16.3. The molecule has 0 spiro atoms. The first-order valence-corrected chi connectivity index (χ1v) is 10.7. The molecule has 2 aliphatic rings. The maximum atomic E-state index is 13.0.